The molecule has 1 heterocycles. The van der Waals surface area contributed by atoms with Gasteiger partial charge in [-0.1, -0.05) is 19.1 Å². The Kier molecular flexibility index (Phi) is 5.28. The summed E-state index contributed by atoms with van der Waals surface area (Å²) >= 11 is 0. The average molecular weight is 351 g/mol. The summed E-state index contributed by atoms with van der Waals surface area (Å²) in [4.78, 5) is 12.4. The maximum absolute atomic E-state index is 12.4. The van der Waals surface area contributed by atoms with Crippen molar-refractivity contribution in [3.8, 4) is 5.75 Å². The first kappa shape index (κ1) is 18.0. The van der Waals surface area contributed by atoms with Gasteiger partial charge in [0.15, 0.2) is 0 Å². The van der Waals surface area contributed by atoms with Crippen molar-refractivity contribution >= 4 is 21.8 Å². The van der Waals surface area contributed by atoms with Crippen molar-refractivity contribution in [3.05, 3.63) is 41.6 Å². The molecule has 7 nitrogen and oxygen atoms in total. The van der Waals surface area contributed by atoms with Gasteiger partial charge in [0.25, 0.3) is 5.91 Å². The molecule has 1 aromatic carbocycles. The van der Waals surface area contributed by atoms with E-state index in [1.165, 1.54) is 20.2 Å². The number of nitrogens with one attached hydrogen (secondary N) is 1. The van der Waals surface area contributed by atoms with Gasteiger partial charge >= 0.3 is 10.2 Å². The zero-order valence-electron chi connectivity index (χ0n) is 14.1. The number of benzene rings is 1. The van der Waals surface area contributed by atoms with Crippen molar-refractivity contribution in [1.82, 2.24) is 9.62 Å². The summed E-state index contributed by atoms with van der Waals surface area (Å²) in [6.45, 7) is 3.79. The van der Waals surface area contributed by atoms with E-state index in [9.17, 15) is 13.2 Å². The van der Waals surface area contributed by atoms with Crippen LogP contribution < -0.4 is 10.1 Å². The Morgan fingerprint density at radius 3 is 2.67 bits per heavy atom. The fourth-order valence-corrected chi connectivity index (χ4v) is 3.05. The summed E-state index contributed by atoms with van der Waals surface area (Å²) in [7, 11) is -1.19. The van der Waals surface area contributed by atoms with Crippen LogP contribution in [0.15, 0.2) is 40.4 Å². The van der Waals surface area contributed by atoms with Crippen LogP contribution in [-0.4, -0.2) is 44.5 Å². The third-order valence-corrected chi connectivity index (χ3v) is 5.09. The van der Waals surface area contributed by atoms with Gasteiger partial charge < -0.3 is 10.1 Å². The average Bonchev–Trinajstić information content (AvgIpc) is 2.56. The van der Waals surface area contributed by atoms with E-state index in [4.69, 9.17) is 4.74 Å². The van der Waals surface area contributed by atoms with Gasteiger partial charge in [-0.15, -0.1) is 4.40 Å². The van der Waals surface area contributed by atoms with E-state index in [0.29, 0.717) is 11.3 Å². The molecule has 0 saturated heterocycles. The van der Waals surface area contributed by atoms with Crippen LogP contribution in [0.1, 0.15) is 25.8 Å². The molecule has 1 atom stereocenters. The third-order valence-electron chi connectivity index (χ3n) is 3.78. The Morgan fingerprint density at radius 1 is 1.38 bits per heavy atom. The number of methoxy groups -OCH3 is 1. The fraction of sp³-hybridized carbons (Fsp3) is 0.375. The zero-order chi connectivity index (χ0) is 17.9. The number of ether oxygens (including phenoxy) is 1. The second kappa shape index (κ2) is 7.04. The van der Waals surface area contributed by atoms with Crippen LogP contribution in [0.4, 0.5) is 0 Å². The van der Waals surface area contributed by atoms with Crippen LogP contribution >= 0.6 is 0 Å². The Bertz CT molecular complexity index is 799. The van der Waals surface area contributed by atoms with Crippen LogP contribution in [0.5, 0.6) is 5.75 Å². The number of rotatable bonds is 5. The van der Waals surface area contributed by atoms with E-state index >= 15 is 0 Å². The van der Waals surface area contributed by atoms with Crippen LogP contribution in [0, 0.1) is 0 Å². The SMILES string of the molecule is CCC(C)NC(=O)C1=CC(c2ccccc2OC)=NS(=O)(=O)N1C. The van der Waals surface area contributed by atoms with Gasteiger partial charge in [-0.05, 0) is 31.6 Å². The van der Waals surface area contributed by atoms with E-state index in [1.807, 2.05) is 13.8 Å². The minimum absolute atomic E-state index is 0.0196. The molecular weight excluding hydrogens is 330 g/mol. The molecule has 1 unspecified atom stereocenters. The second-order valence-electron chi connectivity index (χ2n) is 5.43. The fourth-order valence-electron chi connectivity index (χ4n) is 2.15. The van der Waals surface area contributed by atoms with Crippen LogP contribution in [0.25, 0.3) is 0 Å². The van der Waals surface area contributed by atoms with Crippen molar-refractivity contribution in [2.45, 2.75) is 26.3 Å². The highest BCUT2D eigenvalue weighted by Crippen LogP contribution is 2.25. The molecule has 0 bridgehead atoms. The lowest BCUT2D eigenvalue weighted by atomic mass is 10.1. The number of carbonyl (C=O) groups is 1. The highest BCUT2D eigenvalue weighted by atomic mass is 32.2. The largest absolute Gasteiger partial charge is 0.496 e. The molecule has 24 heavy (non-hydrogen) atoms. The molecule has 0 saturated carbocycles. The summed E-state index contributed by atoms with van der Waals surface area (Å²) in [5.41, 5.74) is 0.691. The number of hydrogen-bond donors (Lipinski definition) is 1. The first-order valence-corrected chi connectivity index (χ1v) is 8.94. The third kappa shape index (κ3) is 3.59. The summed E-state index contributed by atoms with van der Waals surface area (Å²) < 4.78 is 34.5. The molecule has 1 aliphatic rings. The molecule has 1 amide bonds. The van der Waals surface area contributed by atoms with Crippen molar-refractivity contribution in [2.24, 2.45) is 4.40 Å². The number of amides is 1. The molecule has 8 heteroatoms. The standard InChI is InChI=1S/C16H21N3O4S/c1-5-11(2)17-16(20)14-10-13(18-24(21,22)19(14)3)12-8-6-7-9-15(12)23-4/h6-11H,5H2,1-4H3,(H,17,20). The van der Waals surface area contributed by atoms with Gasteiger partial charge in [0.1, 0.15) is 11.4 Å². The molecule has 1 N–H and O–H groups in total. The first-order valence-electron chi connectivity index (χ1n) is 7.55. The lowest BCUT2D eigenvalue weighted by Crippen LogP contribution is -2.41. The molecule has 0 aliphatic carbocycles. The highest BCUT2D eigenvalue weighted by molar-refractivity contribution is 7.88. The minimum Gasteiger partial charge on any atom is -0.496 e. The van der Waals surface area contributed by atoms with Crippen LogP contribution in [-0.2, 0) is 15.0 Å². The smallest absolute Gasteiger partial charge is 0.345 e. The predicted octanol–water partition coefficient (Wildman–Crippen LogP) is 1.47. The lowest BCUT2D eigenvalue weighted by molar-refractivity contribution is -0.119. The van der Waals surface area contributed by atoms with Crippen molar-refractivity contribution in [1.29, 1.82) is 0 Å². The molecule has 0 radical (unpaired) electrons. The Balaban J connectivity index is 2.50. The van der Waals surface area contributed by atoms with Crippen molar-refractivity contribution < 1.29 is 17.9 Å². The number of hydrogen-bond acceptors (Lipinski definition) is 4. The molecular formula is C16H21N3O4S. The number of likely N-dealkylation sites (N-methyl/N-ethyl adjacent to an activating group) is 1. The molecule has 130 valence electrons. The number of allylic oxidation sites excluding steroid dienone is 1. The summed E-state index contributed by atoms with van der Waals surface area (Å²) in [5, 5.41) is 2.77. The molecule has 2 rings (SSSR count). The summed E-state index contributed by atoms with van der Waals surface area (Å²) in [6.07, 6.45) is 2.19. The summed E-state index contributed by atoms with van der Waals surface area (Å²) in [5.74, 6) is 0.0201. The highest BCUT2D eigenvalue weighted by Gasteiger charge is 2.31. The van der Waals surface area contributed by atoms with Crippen molar-refractivity contribution in [2.75, 3.05) is 14.2 Å². The Labute approximate surface area is 142 Å². The number of carbonyl (C=O) groups excluding carboxylic acids is 1. The van der Waals surface area contributed by atoms with E-state index in [2.05, 4.69) is 9.71 Å². The second-order valence-corrected chi connectivity index (χ2v) is 7.06. The van der Waals surface area contributed by atoms with E-state index in [1.54, 1.807) is 24.3 Å². The van der Waals surface area contributed by atoms with Crippen LogP contribution in [0.2, 0.25) is 0 Å². The number of para-hydroxylation sites is 1. The number of nitrogens with zero attached hydrogens (tertiary/aromatic N) is 2. The van der Waals surface area contributed by atoms with E-state index < -0.39 is 16.1 Å². The van der Waals surface area contributed by atoms with Gasteiger partial charge in [-0.3, -0.25) is 4.79 Å². The molecule has 1 aromatic rings. The normalized spacial score (nSPS) is 17.6. The Morgan fingerprint density at radius 2 is 2.04 bits per heavy atom. The van der Waals surface area contributed by atoms with Gasteiger partial charge in [0.2, 0.25) is 0 Å². The van der Waals surface area contributed by atoms with Gasteiger partial charge in [0.05, 0.1) is 12.8 Å². The zero-order valence-corrected chi connectivity index (χ0v) is 14.9. The predicted molar refractivity (Wildman–Crippen MR) is 92.2 cm³/mol. The van der Waals surface area contributed by atoms with Gasteiger partial charge in [0, 0.05) is 18.7 Å². The molecule has 1 aliphatic heterocycles. The van der Waals surface area contributed by atoms with Gasteiger partial charge in [-0.25, -0.2) is 4.31 Å². The van der Waals surface area contributed by atoms with E-state index in [-0.39, 0.29) is 17.5 Å². The maximum atomic E-state index is 12.4. The van der Waals surface area contributed by atoms with E-state index in [0.717, 1.165) is 10.7 Å². The minimum atomic E-state index is -3.98. The van der Waals surface area contributed by atoms with Crippen LogP contribution in [0.3, 0.4) is 0 Å². The summed E-state index contributed by atoms with van der Waals surface area (Å²) in [6, 6.07) is 6.85. The molecule has 0 aromatic heterocycles. The molecule has 0 fully saturated rings. The van der Waals surface area contributed by atoms with Gasteiger partial charge in [-0.2, -0.15) is 8.42 Å². The topological polar surface area (TPSA) is 88.1 Å². The Hall–Kier alpha value is -2.35. The molecule has 0 spiro atoms. The monoisotopic (exact) mass is 351 g/mol. The van der Waals surface area contributed by atoms with Crippen molar-refractivity contribution in [3.63, 3.8) is 0 Å². The maximum Gasteiger partial charge on any atom is 0.345 e. The quantitative estimate of drug-likeness (QED) is 0.870. The first-order chi connectivity index (χ1) is 11.3. The lowest BCUT2D eigenvalue weighted by Gasteiger charge is -2.25.